The Bertz CT molecular complexity index is 1390. The Balaban J connectivity index is 1.57. The third kappa shape index (κ3) is 3.51. The quantitative estimate of drug-likeness (QED) is 0.516. The van der Waals surface area contributed by atoms with E-state index < -0.39 is 0 Å². The van der Waals surface area contributed by atoms with E-state index in [-0.39, 0.29) is 23.7 Å². The highest BCUT2D eigenvalue weighted by atomic mass is 32.1. The van der Waals surface area contributed by atoms with Crippen LogP contribution < -0.4 is 21.8 Å². The molecule has 1 aromatic carbocycles. The average Bonchev–Trinajstić information content (AvgIpc) is 3.15. The lowest BCUT2D eigenvalue weighted by Crippen LogP contribution is -2.44. The molecule has 1 unspecified atom stereocenters. The van der Waals surface area contributed by atoms with E-state index in [2.05, 4.69) is 15.0 Å². The maximum atomic E-state index is 13.3. The van der Waals surface area contributed by atoms with Crippen LogP contribution in [-0.2, 0) is 13.1 Å². The Morgan fingerprint density at radius 1 is 1.23 bits per heavy atom. The lowest BCUT2D eigenvalue weighted by atomic mass is 10.1. The summed E-state index contributed by atoms with van der Waals surface area (Å²) in [7, 11) is 0. The van der Waals surface area contributed by atoms with Crippen molar-refractivity contribution in [3.8, 4) is 0 Å². The van der Waals surface area contributed by atoms with Crippen LogP contribution in [0.3, 0.4) is 0 Å². The monoisotopic (exact) mass is 437 g/mol. The van der Waals surface area contributed by atoms with E-state index in [1.54, 1.807) is 12.3 Å². The van der Waals surface area contributed by atoms with Gasteiger partial charge in [-0.3, -0.25) is 9.59 Å². The molecule has 0 radical (unpaired) electrons. The van der Waals surface area contributed by atoms with Gasteiger partial charge in [-0.2, -0.15) is 5.10 Å². The van der Waals surface area contributed by atoms with E-state index in [0.717, 1.165) is 36.6 Å². The Hall–Kier alpha value is -3.11. The number of anilines is 1. The van der Waals surface area contributed by atoms with Crippen LogP contribution in [0.1, 0.15) is 24.8 Å². The second-order valence-corrected chi connectivity index (χ2v) is 8.87. The van der Waals surface area contributed by atoms with Crippen LogP contribution in [0.5, 0.6) is 0 Å². The van der Waals surface area contributed by atoms with E-state index in [0.29, 0.717) is 28.0 Å². The van der Waals surface area contributed by atoms with Gasteiger partial charge in [-0.25, -0.2) is 14.6 Å². The molecule has 5 rings (SSSR count). The van der Waals surface area contributed by atoms with Crippen LogP contribution in [0.4, 0.5) is 5.95 Å². The van der Waals surface area contributed by atoms with Gasteiger partial charge < -0.3 is 15.2 Å². The third-order valence-corrected chi connectivity index (χ3v) is 6.68. The Labute approximate surface area is 181 Å². The predicted molar refractivity (Wildman–Crippen MR) is 122 cm³/mol. The molecule has 1 fully saturated rings. The first kappa shape index (κ1) is 19.8. The van der Waals surface area contributed by atoms with Gasteiger partial charge in [0.25, 0.3) is 11.1 Å². The van der Waals surface area contributed by atoms with Crippen molar-refractivity contribution in [2.24, 2.45) is 5.73 Å². The minimum absolute atomic E-state index is 0.107. The average molecular weight is 438 g/mol. The highest BCUT2D eigenvalue weighted by molar-refractivity contribution is 7.18. The number of fused-ring (bicyclic) bond motifs is 2. The van der Waals surface area contributed by atoms with Crippen molar-refractivity contribution >= 4 is 38.4 Å². The zero-order valence-electron chi connectivity index (χ0n) is 17.2. The molecule has 1 aliphatic rings. The van der Waals surface area contributed by atoms with Gasteiger partial charge in [0, 0.05) is 30.4 Å². The van der Waals surface area contributed by atoms with Crippen LogP contribution in [0.25, 0.3) is 21.1 Å². The molecule has 1 aliphatic heterocycles. The van der Waals surface area contributed by atoms with Crippen LogP contribution >= 0.6 is 11.3 Å². The van der Waals surface area contributed by atoms with Crippen molar-refractivity contribution in [1.29, 1.82) is 0 Å². The predicted octanol–water partition coefficient (Wildman–Crippen LogP) is 1.56. The largest absolute Gasteiger partial charge is 0.341 e. The Morgan fingerprint density at radius 2 is 2.06 bits per heavy atom. The number of rotatable bonds is 4. The van der Waals surface area contributed by atoms with E-state index in [4.69, 9.17) is 10.7 Å². The molecule has 9 nitrogen and oxygen atoms in total. The van der Waals surface area contributed by atoms with Gasteiger partial charge in [-0.05, 0) is 31.9 Å². The molecule has 31 heavy (non-hydrogen) atoms. The molecule has 4 heterocycles. The highest BCUT2D eigenvalue weighted by Crippen LogP contribution is 2.23. The number of piperidine rings is 1. The third-order valence-electron chi connectivity index (χ3n) is 5.64. The summed E-state index contributed by atoms with van der Waals surface area (Å²) in [6, 6.07) is 7.45. The van der Waals surface area contributed by atoms with Crippen molar-refractivity contribution in [3.63, 3.8) is 0 Å². The lowest BCUT2D eigenvalue weighted by Gasteiger charge is -2.31. The molecular formula is C21H23N7O2S. The summed E-state index contributed by atoms with van der Waals surface area (Å²) in [4.78, 5) is 36.7. The molecule has 3 aromatic heterocycles. The summed E-state index contributed by atoms with van der Waals surface area (Å²) < 4.78 is 4.13. The van der Waals surface area contributed by atoms with Crippen LogP contribution in [-0.4, -0.2) is 43.4 Å². The van der Waals surface area contributed by atoms with Crippen molar-refractivity contribution in [2.45, 2.75) is 38.9 Å². The fourth-order valence-corrected chi connectivity index (χ4v) is 5.15. The van der Waals surface area contributed by atoms with Gasteiger partial charge in [0.2, 0.25) is 5.95 Å². The van der Waals surface area contributed by atoms with Gasteiger partial charge in [-0.15, -0.1) is 11.3 Å². The molecule has 10 heteroatoms. The molecule has 4 aromatic rings. The molecule has 1 saturated heterocycles. The number of nitrogens with two attached hydrogens (primary N) is 1. The SMILES string of the molecule is CCn1c(N2CCCC(N)C2)nc2cnn(Cc3nc(=O)c4ccccc4s3)c(=O)c21. The normalized spacial score (nSPS) is 17.0. The van der Waals surface area contributed by atoms with Gasteiger partial charge in [0.15, 0.2) is 0 Å². The highest BCUT2D eigenvalue weighted by Gasteiger charge is 2.24. The van der Waals surface area contributed by atoms with E-state index in [9.17, 15) is 9.59 Å². The summed E-state index contributed by atoms with van der Waals surface area (Å²) in [6.07, 6.45) is 3.61. The summed E-state index contributed by atoms with van der Waals surface area (Å²) >= 11 is 1.39. The lowest BCUT2D eigenvalue weighted by molar-refractivity contribution is 0.494. The molecule has 1 atom stereocenters. The maximum Gasteiger partial charge on any atom is 0.293 e. The topological polar surface area (TPSA) is 112 Å². The van der Waals surface area contributed by atoms with Crippen molar-refractivity contribution < 1.29 is 0 Å². The van der Waals surface area contributed by atoms with Gasteiger partial charge in [0.1, 0.15) is 16.0 Å². The number of aromatic nitrogens is 5. The van der Waals surface area contributed by atoms with Crippen molar-refractivity contribution in [2.75, 3.05) is 18.0 Å². The van der Waals surface area contributed by atoms with E-state index in [1.165, 1.54) is 16.0 Å². The number of imidazole rings is 1. The number of hydrogen-bond acceptors (Lipinski definition) is 8. The number of benzene rings is 1. The molecular weight excluding hydrogens is 414 g/mol. The van der Waals surface area contributed by atoms with Gasteiger partial charge in [0.05, 0.1) is 18.1 Å². The minimum atomic E-state index is -0.291. The fraction of sp³-hybridized carbons (Fsp3) is 0.381. The zero-order valence-corrected chi connectivity index (χ0v) is 18.0. The molecule has 0 amide bonds. The van der Waals surface area contributed by atoms with E-state index >= 15 is 0 Å². The first-order valence-corrected chi connectivity index (χ1v) is 11.2. The van der Waals surface area contributed by atoms with Gasteiger partial charge in [-0.1, -0.05) is 12.1 Å². The second-order valence-electron chi connectivity index (χ2n) is 7.75. The second kappa shape index (κ2) is 7.86. The van der Waals surface area contributed by atoms with E-state index in [1.807, 2.05) is 29.7 Å². The molecule has 160 valence electrons. The molecule has 2 N–H and O–H groups in total. The van der Waals surface area contributed by atoms with Gasteiger partial charge >= 0.3 is 0 Å². The summed E-state index contributed by atoms with van der Waals surface area (Å²) in [5.74, 6) is 0.762. The molecule has 0 spiro atoms. The maximum absolute atomic E-state index is 13.3. The Morgan fingerprint density at radius 3 is 2.87 bits per heavy atom. The Kier molecular flexibility index (Phi) is 5.03. The first-order valence-electron chi connectivity index (χ1n) is 10.4. The summed E-state index contributed by atoms with van der Waals surface area (Å²) in [6.45, 7) is 4.33. The summed E-state index contributed by atoms with van der Waals surface area (Å²) in [5.41, 5.74) is 6.70. The van der Waals surface area contributed by atoms with Crippen LogP contribution in [0.2, 0.25) is 0 Å². The van der Waals surface area contributed by atoms with Crippen LogP contribution in [0, 0.1) is 0 Å². The smallest absolute Gasteiger partial charge is 0.293 e. The number of aryl methyl sites for hydroxylation is 1. The standard InChI is InChI=1S/C21H23N7O2S/c1-2-27-18-15(24-21(27)26-9-5-6-13(22)11-26)10-23-28(20(18)30)12-17-25-19(29)14-7-3-4-8-16(14)31-17/h3-4,7-8,10,13H,2,5-6,9,11-12,22H2,1H3. The first-order chi connectivity index (χ1) is 15.0. The number of hydrogen-bond donors (Lipinski definition) is 1. The van der Waals surface area contributed by atoms with Crippen LogP contribution in [0.15, 0.2) is 40.1 Å². The summed E-state index contributed by atoms with van der Waals surface area (Å²) in [5, 5.41) is 5.44. The van der Waals surface area contributed by atoms with Crippen molar-refractivity contribution in [1.82, 2.24) is 24.3 Å². The molecule has 0 bridgehead atoms. The molecule has 0 aliphatic carbocycles. The fourth-order valence-electron chi connectivity index (χ4n) is 4.17. The number of nitrogens with zero attached hydrogens (tertiary/aromatic N) is 6. The van der Waals surface area contributed by atoms with Crippen molar-refractivity contribution in [3.05, 3.63) is 56.2 Å². The molecule has 0 saturated carbocycles. The zero-order chi connectivity index (χ0) is 21.5. The minimum Gasteiger partial charge on any atom is -0.341 e.